The minimum atomic E-state index is -4.66. The number of hydrogen-bond donors (Lipinski definition) is 1. The van der Waals surface area contributed by atoms with Gasteiger partial charge in [0, 0.05) is 18.7 Å². The second kappa shape index (κ2) is 8.68. The molecule has 1 fully saturated rings. The highest BCUT2D eigenvalue weighted by atomic mass is 35.5. The number of nitrogens with zero attached hydrogens (tertiary/aromatic N) is 1. The number of nitrogens with one attached hydrogen (secondary N) is 1. The van der Waals surface area contributed by atoms with Crippen LogP contribution in [0.2, 0.25) is 5.02 Å². The van der Waals surface area contributed by atoms with Crippen LogP contribution in [0.5, 0.6) is 0 Å². The van der Waals surface area contributed by atoms with Gasteiger partial charge in [0.25, 0.3) is 15.9 Å². The summed E-state index contributed by atoms with van der Waals surface area (Å²) in [6.07, 6.45) is -4.99. The summed E-state index contributed by atoms with van der Waals surface area (Å²) in [4.78, 5) is 14.1. The van der Waals surface area contributed by atoms with Gasteiger partial charge in [-0.3, -0.25) is 9.52 Å². The maximum absolute atomic E-state index is 13.0. The maximum Gasteiger partial charge on any atom is 0.416 e. The number of hydrogen-bond acceptors (Lipinski definition) is 4. The molecule has 0 bridgehead atoms. The van der Waals surface area contributed by atoms with Crippen LogP contribution in [0.15, 0.2) is 47.4 Å². The first kappa shape index (κ1) is 23.4. The van der Waals surface area contributed by atoms with Crippen LogP contribution in [-0.4, -0.2) is 44.5 Å². The van der Waals surface area contributed by atoms with Gasteiger partial charge in [-0.1, -0.05) is 17.7 Å². The average Bonchev–Trinajstić information content (AvgIpc) is 2.67. The molecule has 2 aromatic rings. The number of anilines is 1. The molecule has 0 spiro atoms. The summed E-state index contributed by atoms with van der Waals surface area (Å²) in [5.74, 6) is -0.365. The van der Waals surface area contributed by atoms with E-state index in [4.69, 9.17) is 16.3 Å². The molecule has 1 saturated heterocycles. The SMILES string of the molecule is C[C@@H]1CN(C(=O)c2cccc(S(=O)(=O)Nc3cc(C(F)(F)F)ccc3Cl)c2)C[C@H](C)O1. The zero-order valence-corrected chi connectivity index (χ0v) is 18.2. The van der Waals surface area contributed by atoms with Crippen LogP contribution >= 0.6 is 11.6 Å². The summed E-state index contributed by atoms with van der Waals surface area (Å²) in [6, 6.07) is 7.62. The Bertz CT molecular complexity index is 1080. The first-order valence-electron chi connectivity index (χ1n) is 9.31. The van der Waals surface area contributed by atoms with Crippen LogP contribution in [0.3, 0.4) is 0 Å². The monoisotopic (exact) mass is 476 g/mol. The van der Waals surface area contributed by atoms with E-state index in [2.05, 4.69) is 4.72 Å². The third-order valence-electron chi connectivity index (χ3n) is 4.64. The standard InChI is InChI=1S/C20H20ClF3N2O4S/c1-12-10-26(11-13(2)30-12)19(27)14-4-3-5-16(8-14)31(28,29)25-18-9-15(20(22,23)24)6-7-17(18)21/h3-9,12-13,25H,10-11H2,1-2H3/t12-,13+. The van der Waals surface area contributed by atoms with Gasteiger partial charge in [0.1, 0.15) is 0 Å². The molecule has 11 heteroatoms. The summed E-state index contributed by atoms with van der Waals surface area (Å²) in [6.45, 7) is 4.38. The summed E-state index contributed by atoms with van der Waals surface area (Å²) in [5.41, 5.74) is -1.32. The van der Waals surface area contributed by atoms with Crippen molar-refractivity contribution in [1.29, 1.82) is 0 Å². The van der Waals surface area contributed by atoms with E-state index in [0.29, 0.717) is 19.2 Å². The van der Waals surface area contributed by atoms with Crippen LogP contribution in [0.1, 0.15) is 29.8 Å². The quantitative estimate of drug-likeness (QED) is 0.709. The maximum atomic E-state index is 13.0. The van der Waals surface area contributed by atoms with Crippen LogP contribution in [0.25, 0.3) is 0 Å². The van der Waals surface area contributed by atoms with Gasteiger partial charge in [-0.2, -0.15) is 13.2 Å². The molecule has 1 N–H and O–H groups in total. The normalized spacial score (nSPS) is 19.9. The highest BCUT2D eigenvalue weighted by molar-refractivity contribution is 7.92. The molecule has 0 unspecified atom stereocenters. The van der Waals surface area contributed by atoms with Crippen molar-refractivity contribution in [2.24, 2.45) is 0 Å². The number of morpholine rings is 1. The summed E-state index contributed by atoms with van der Waals surface area (Å²) in [7, 11) is -4.30. The first-order valence-corrected chi connectivity index (χ1v) is 11.2. The van der Waals surface area contributed by atoms with Crippen LogP contribution in [-0.2, 0) is 20.9 Å². The Morgan fingerprint density at radius 3 is 2.39 bits per heavy atom. The number of halogens is 4. The lowest BCUT2D eigenvalue weighted by atomic mass is 10.1. The summed E-state index contributed by atoms with van der Waals surface area (Å²) >= 11 is 5.88. The van der Waals surface area contributed by atoms with Gasteiger partial charge in [0.05, 0.1) is 33.4 Å². The van der Waals surface area contributed by atoms with Gasteiger partial charge >= 0.3 is 6.18 Å². The number of ether oxygens (including phenoxy) is 1. The lowest BCUT2D eigenvalue weighted by Crippen LogP contribution is -2.48. The second-order valence-electron chi connectivity index (χ2n) is 7.29. The minimum absolute atomic E-state index is 0.138. The van der Waals surface area contributed by atoms with E-state index in [-0.39, 0.29) is 33.6 Å². The fraction of sp³-hybridized carbons (Fsp3) is 0.350. The average molecular weight is 477 g/mol. The van der Waals surface area contributed by atoms with Crippen molar-refractivity contribution in [3.05, 3.63) is 58.6 Å². The van der Waals surface area contributed by atoms with E-state index in [9.17, 15) is 26.4 Å². The summed E-state index contributed by atoms with van der Waals surface area (Å²) in [5, 5.41) is -0.194. The molecule has 6 nitrogen and oxygen atoms in total. The predicted molar refractivity (Wildman–Crippen MR) is 110 cm³/mol. The summed E-state index contributed by atoms with van der Waals surface area (Å²) < 4.78 is 72.1. The van der Waals surface area contributed by atoms with Crippen LogP contribution < -0.4 is 4.72 Å². The third-order valence-corrected chi connectivity index (χ3v) is 6.33. The van der Waals surface area contributed by atoms with Crippen LogP contribution in [0.4, 0.5) is 18.9 Å². The van der Waals surface area contributed by atoms with Crippen molar-refractivity contribution in [3.8, 4) is 0 Å². The largest absolute Gasteiger partial charge is 0.416 e. The zero-order chi connectivity index (χ0) is 23.0. The van der Waals surface area contributed by atoms with E-state index in [1.54, 1.807) is 4.90 Å². The van der Waals surface area contributed by atoms with Crippen molar-refractivity contribution in [2.75, 3.05) is 17.8 Å². The van der Waals surface area contributed by atoms with Gasteiger partial charge in [-0.25, -0.2) is 8.42 Å². The second-order valence-corrected chi connectivity index (χ2v) is 9.38. The molecule has 0 radical (unpaired) electrons. The molecule has 168 valence electrons. The molecule has 1 amide bonds. The number of amides is 1. The fourth-order valence-corrected chi connectivity index (χ4v) is 4.64. The lowest BCUT2D eigenvalue weighted by Gasteiger charge is -2.35. The van der Waals surface area contributed by atoms with Gasteiger partial charge in [0.15, 0.2) is 0 Å². The zero-order valence-electron chi connectivity index (χ0n) is 16.6. The molecule has 1 aliphatic heterocycles. The van der Waals surface area contributed by atoms with Gasteiger partial charge in [-0.05, 0) is 50.2 Å². The van der Waals surface area contributed by atoms with Crippen molar-refractivity contribution in [2.45, 2.75) is 37.1 Å². The fourth-order valence-electron chi connectivity index (χ4n) is 3.31. The number of rotatable bonds is 4. The van der Waals surface area contributed by atoms with Gasteiger partial charge in [0.2, 0.25) is 0 Å². The number of sulfonamides is 1. The Labute approximate surface area is 183 Å². The third kappa shape index (κ3) is 5.50. The minimum Gasteiger partial charge on any atom is -0.372 e. The molecule has 0 aliphatic carbocycles. The Hall–Kier alpha value is -2.30. The van der Waals surface area contributed by atoms with Crippen LogP contribution in [0, 0.1) is 0 Å². The molecule has 1 heterocycles. The van der Waals surface area contributed by atoms with Gasteiger partial charge in [-0.15, -0.1) is 0 Å². The Kier molecular flexibility index (Phi) is 6.54. The van der Waals surface area contributed by atoms with Crippen molar-refractivity contribution >= 4 is 33.2 Å². The Balaban J connectivity index is 1.87. The van der Waals surface area contributed by atoms with E-state index < -0.39 is 27.5 Å². The van der Waals surface area contributed by atoms with E-state index >= 15 is 0 Å². The smallest absolute Gasteiger partial charge is 0.372 e. The highest BCUT2D eigenvalue weighted by Gasteiger charge is 2.32. The molecule has 2 atom stereocenters. The number of alkyl halides is 3. The number of carbonyl (C=O) groups excluding carboxylic acids is 1. The molecular weight excluding hydrogens is 457 g/mol. The molecule has 31 heavy (non-hydrogen) atoms. The number of benzene rings is 2. The molecule has 1 aliphatic rings. The highest BCUT2D eigenvalue weighted by Crippen LogP contribution is 2.34. The predicted octanol–water partition coefficient (Wildman–Crippen LogP) is 4.41. The van der Waals surface area contributed by atoms with E-state index in [1.165, 1.54) is 24.3 Å². The molecular formula is C20H20ClF3N2O4S. The topological polar surface area (TPSA) is 75.7 Å². The molecule has 2 aromatic carbocycles. The van der Waals surface area contributed by atoms with Gasteiger partial charge < -0.3 is 9.64 Å². The van der Waals surface area contributed by atoms with E-state index in [1.807, 2.05) is 13.8 Å². The van der Waals surface area contributed by atoms with Crippen molar-refractivity contribution < 1.29 is 31.1 Å². The number of carbonyl (C=O) groups is 1. The molecule has 0 saturated carbocycles. The molecule has 3 rings (SSSR count). The van der Waals surface area contributed by atoms with Crippen molar-refractivity contribution in [3.63, 3.8) is 0 Å². The molecule has 0 aromatic heterocycles. The van der Waals surface area contributed by atoms with Crippen molar-refractivity contribution in [1.82, 2.24) is 4.90 Å². The first-order chi connectivity index (χ1) is 14.4. The van der Waals surface area contributed by atoms with E-state index in [0.717, 1.165) is 12.1 Å². The Morgan fingerprint density at radius 2 is 1.77 bits per heavy atom. The Morgan fingerprint density at radius 1 is 1.13 bits per heavy atom. The lowest BCUT2D eigenvalue weighted by molar-refractivity contribution is -0.137.